The van der Waals surface area contributed by atoms with E-state index in [1.54, 1.807) is 9.36 Å². The molecule has 0 unspecified atom stereocenters. The molecule has 1 N–H and O–H groups in total. The number of carbonyl (C=O) groups is 1. The number of para-hydroxylation sites is 1. The van der Waals surface area contributed by atoms with E-state index < -0.39 is 0 Å². The fraction of sp³-hybridized carbons (Fsp3) is 0.238. The van der Waals surface area contributed by atoms with Gasteiger partial charge in [-0.25, -0.2) is 4.68 Å². The summed E-state index contributed by atoms with van der Waals surface area (Å²) in [5, 5.41) is 2.80. The SMILES string of the molecule is Cc1ccc(CCC(=O)Nc2c(C)n(C)n(-c3ccccc3)c2=O)cc1. The van der Waals surface area contributed by atoms with Crippen LogP contribution in [0, 0.1) is 13.8 Å². The van der Waals surface area contributed by atoms with Crippen LogP contribution in [0.2, 0.25) is 0 Å². The van der Waals surface area contributed by atoms with E-state index in [4.69, 9.17) is 0 Å². The molecule has 0 bridgehead atoms. The Morgan fingerprint density at radius 3 is 2.31 bits per heavy atom. The molecule has 134 valence electrons. The summed E-state index contributed by atoms with van der Waals surface area (Å²) in [7, 11) is 1.81. The average molecular weight is 349 g/mol. The van der Waals surface area contributed by atoms with Crippen molar-refractivity contribution in [2.24, 2.45) is 7.05 Å². The Labute approximate surface area is 152 Å². The van der Waals surface area contributed by atoms with E-state index in [1.165, 1.54) is 5.56 Å². The Hall–Kier alpha value is -3.08. The fourth-order valence-corrected chi connectivity index (χ4v) is 2.93. The summed E-state index contributed by atoms with van der Waals surface area (Å²) in [5.74, 6) is -0.156. The molecule has 1 aromatic heterocycles. The van der Waals surface area contributed by atoms with Gasteiger partial charge < -0.3 is 5.32 Å². The van der Waals surface area contributed by atoms with Gasteiger partial charge in [-0.1, -0.05) is 48.0 Å². The highest BCUT2D eigenvalue weighted by Crippen LogP contribution is 2.14. The molecule has 2 aromatic carbocycles. The number of hydrogen-bond acceptors (Lipinski definition) is 2. The first-order valence-corrected chi connectivity index (χ1v) is 8.67. The van der Waals surface area contributed by atoms with Crippen molar-refractivity contribution in [2.75, 3.05) is 5.32 Å². The first-order chi connectivity index (χ1) is 12.5. The molecule has 0 saturated heterocycles. The maximum Gasteiger partial charge on any atom is 0.295 e. The van der Waals surface area contributed by atoms with Crippen LogP contribution in [0.15, 0.2) is 59.4 Å². The molecule has 26 heavy (non-hydrogen) atoms. The fourth-order valence-electron chi connectivity index (χ4n) is 2.93. The van der Waals surface area contributed by atoms with Crippen LogP contribution in [0.3, 0.4) is 0 Å². The molecule has 3 rings (SSSR count). The number of rotatable bonds is 5. The van der Waals surface area contributed by atoms with Crippen molar-refractivity contribution < 1.29 is 4.79 Å². The van der Waals surface area contributed by atoms with Crippen molar-refractivity contribution in [2.45, 2.75) is 26.7 Å². The van der Waals surface area contributed by atoms with Gasteiger partial charge in [-0.2, -0.15) is 0 Å². The Bertz CT molecular complexity index is 967. The lowest BCUT2D eigenvalue weighted by atomic mass is 10.1. The van der Waals surface area contributed by atoms with Crippen LogP contribution in [0.5, 0.6) is 0 Å². The zero-order chi connectivity index (χ0) is 18.7. The van der Waals surface area contributed by atoms with Gasteiger partial charge in [-0.05, 0) is 38.0 Å². The predicted molar refractivity (Wildman–Crippen MR) is 104 cm³/mol. The van der Waals surface area contributed by atoms with Crippen molar-refractivity contribution in [3.05, 3.63) is 81.8 Å². The lowest BCUT2D eigenvalue weighted by Crippen LogP contribution is -2.23. The van der Waals surface area contributed by atoms with Crippen LogP contribution < -0.4 is 10.9 Å². The number of anilines is 1. The highest BCUT2D eigenvalue weighted by molar-refractivity contribution is 5.91. The van der Waals surface area contributed by atoms with E-state index in [1.807, 2.05) is 75.5 Å². The Morgan fingerprint density at radius 1 is 1.00 bits per heavy atom. The number of benzene rings is 2. The summed E-state index contributed by atoms with van der Waals surface area (Å²) in [6.45, 7) is 3.86. The third-order valence-corrected chi connectivity index (χ3v) is 4.58. The smallest absolute Gasteiger partial charge is 0.295 e. The number of aryl methyl sites for hydroxylation is 2. The first-order valence-electron chi connectivity index (χ1n) is 8.67. The first kappa shape index (κ1) is 17.7. The van der Waals surface area contributed by atoms with Crippen LogP contribution in [0.25, 0.3) is 5.69 Å². The van der Waals surface area contributed by atoms with Gasteiger partial charge in [-0.3, -0.25) is 14.3 Å². The molecule has 0 fully saturated rings. The quantitative estimate of drug-likeness (QED) is 0.768. The van der Waals surface area contributed by atoms with Crippen LogP contribution in [0.1, 0.15) is 23.2 Å². The van der Waals surface area contributed by atoms with Gasteiger partial charge in [0.2, 0.25) is 5.91 Å². The average Bonchev–Trinajstić information content (AvgIpc) is 2.85. The summed E-state index contributed by atoms with van der Waals surface area (Å²) in [5.41, 5.74) is 3.91. The molecule has 0 aliphatic rings. The zero-order valence-electron chi connectivity index (χ0n) is 15.3. The number of carbonyl (C=O) groups excluding carboxylic acids is 1. The van der Waals surface area contributed by atoms with Gasteiger partial charge >= 0.3 is 0 Å². The number of amides is 1. The lowest BCUT2D eigenvalue weighted by molar-refractivity contribution is -0.116. The molecule has 0 spiro atoms. The molecule has 0 atom stereocenters. The van der Waals surface area contributed by atoms with E-state index in [2.05, 4.69) is 5.32 Å². The van der Waals surface area contributed by atoms with Gasteiger partial charge in [0.05, 0.1) is 11.4 Å². The van der Waals surface area contributed by atoms with E-state index in [0.717, 1.165) is 16.9 Å². The van der Waals surface area contributed by atoms with Crippen molar-refractivity contribution >= 4 is 11.6 Å². The highest BCUT2D eigenvalue weighted by Gasteiger charge is 2.17. The molecule has 0 aliphatic carbocycles. The third kappa shape index (κ3) is 3.61. The molecular weight excluding hydrogens is 326 g/mol. The summed E-state index contributed by atoms with van der Waals surface area (Å²) >= 11 is 0. The van der Waals surface area contributed by atoms with Gasteiger partial charge in [-0.15, -0.1) is 0 Å². The summed E-state index contributed by atoms with van der Waals surface area (Å²) in [4.78, 5) is 25.1. The van der Waals surface area contributed by atoms with E-state index >= 15 is 0 Å². The van der Waals surface area contributed by atoms with Crippen LogP contribution in [-0.2, 0) is 18.3 Å². The topological polar surface area (TPSA) is 56.0 Å². The largest absolute Gasteiger partial charge is 0.320 e. The van der Waals surface area contributed by atoms with Crippen molar-refractivity contribution in [1.29, 1.82) is 0 Å². The number of nitrogens with one attached hydrogen (secondary N) is 1. The minimum atomic E-state index is -0.222. The molecular formula is C21H23N3O2. The van der Waals surface area contributed by atoms with Crippen LogP contribution >= 0.6 is 0 Å². The second kappa shape index (κ2) is 7.44. The van der Waals surface area contributed by atoms with Gasteiger partial charge in [0.1, 0.15) is 5.69 Å². The van der Waals surface area contributed by atoms with E-state index in [0.29, 0.717) is 18.5 Å². The minimum absolute atomic E-state index is 0.156. The molecule has 5 nitrogen and oxygen atoms in total. The van der Waals surface area contributed by atoms with E-state index in [-0.39, 0.29) is 11.5 Å². The minimum Gasteiger partial charge on any atom is -0.320 e. The van der Waals surface area contributed by atoms with Crippen molar-refractivity contribution in [1.82, 2.24) is 9.36 Å². The molecule has 1 amide bonds. The lowest BCUT2D eigenvalue weighted by Gasteiger charge is -2.07. The summed E-state index contributed by atoms with van der Waals surface area (Å²) < 4.78 is 3.32. The predicted octanol–water partition coefficient (Wildman–Crippen LogP) is 3.36. The van der Waals surface area contributed by atoms with Gasteiger partial charge in [0.15, 0.2) is 0 Å². The van der Waals surface area contributed by atoms with Crippen LogP contribution in [0.4, 0.5) is 5.69 Å². The van der Waals surface area contributed by atoms with Crippen molar-refractivity contribution in [3.63, 3.8) is 0 Å². The maximum absolute atomic E-state index is 12.8. The highest BCUT2D eigenvalue weighted by atomic mass is 16.2. The number of aromatic nitrogens is 2. The van der Waals surface area contributed by atoms with Gasteiger partial charge in [0.25, 0.3) is 5.56 Å². The second-order valence-corrected chi connectivity index (χ2v) is 6.47. The van der Waals surface area contributed by atoms with Crippen molar-refractivity contribution in [3.8, 4) is 5.69 Å². The maximum atomic E-state index is 12.8. The number of nitrogens with zero attached hydrogens (tertiary/aromatic N) is 2. The molecule has 0 radical (unpaired) electrons. The normalized spacial score (nSPS) is 10.7. The zero-order valence-corrected chi connectivity index (χ0v) is 15.3. The Balaban J connectivity index is 1.76. The summed E-state index contributed by atoms with van der Waals surface area (Å²) in [6.07, 6.45) is 0.979. The van der Waals surface area contributed by atoms with Crippen LogP contribution in [-0.4, -0.2) is 15.3 Å². The molecule has 1 heterocycles. The summed E-state index contributed by atoms with van der Waals surface area (Å²) in [6, 6.07) is 17.5. The third-order valence-electron chi connectivity index (χ3n) is 4.58. The second-order valence-electron chi connectivity index (χ2n) is 6.47. The molecule has 3 aromatic rings. The van der Waals surface area contributed by atoms with E-state index in [9.17, 15) is 9.59 Å². The van der Waals surface area contributed by atoms with Gasteiger partial charge in [0, 0.05) is 13.5 Å². The molecule has 0 saturated carbocycles. The standard InChI is InChI=1S/C21H23N3O2/c1-15-9-11-17(12-10-15)13-14-19(25)22-20-16(2)23(3)24(21(20)26)18-7-5-4-6-8-18/h4-12H,13-14H2,1-3H3,(H,22,25). The molecule has 0 aliphatic heterocycles. The monoisotopic (exact) mass is 349 g/mol. The number of hydrogen-bond donors (Lipinski definition) is 1. The Morgan fingerprint density at radius 2 is 1.65 bits per heavy atom. The molecule has 5 heteroatoms. The Kier molecular flexibility index (Phi) is 5.07.